The van der Waals surface area contributed by atoms with Crippen molar-refractivity contribution in [1.29, 1.82) is 0 Å². The molecule has 0 bridgehead atoms. The number of amides is 1. The fraction of sp³-hybridized carbons (Fsp3) is 0.438. The van der Waals surface area contributed by atoms with Gasteiger partial charge in [-0.25, -0.2) is 0 Å². The summed E-state index contributed by atoms with van der Waals surface area (Å²) in [7, 11) is 3.96. The van der Waals surface area contributed by atoms with Crippen LogP contribution in [-0.2, 0) is 0 Å². The van der Waals surface area contributed by atoms with Crippen LogP contribution in [0.2, 0.25) is 0 Å². The number of hydrogen-bond donors (Lipinski definition) is 0. The minimum Gasteiger partial charge on any atom is -0.378 e. The Balaban J connectivity index is 1.98. The van der Waals surface area contributed by atoms with Crippen molar-refractivity contribution in [1.82, 2.24) is 9.80 Å². The van der Waals surface area contributed by atoms with E-state index < -0.39 is 0 Å². The summed E-state index contributed by atoms with van der Waals surface area (Å²) >= 11 is 3.39. The van der Waals surface area contributed by atoms with Gasteiger partial charge in [-0.1, -0.05) is 28.6 Å². The molecule has 0 saturated carbocycles. The number of nitrogens with zero attached hydrogens (tertiary/aromatic N) is 3. The molecule has 1 amide bonds. The smallest absolute Gasteiger partial charge is 0.254 e. The Bertz CT molecular complexity index is 522. The quantitative estimate of drug-likeness (QED) is 0.833. The zero-order valence-electron chi connectivity index (χ0n) is 12.7. The molecule has 0 N–H and O–H groups in total. The summed E-state index contributed by atoms with van der Waals surface area (Å²) in [5.74, 6) is 0.121. The van der Waals surface area contributed by atoms with Crippen LogP contribution in [0.15, 0.2) is 35.3 Å². The molecule has 1 saturated heterocycles. The van der Waals surface area contributed by atoms with Crippen molar-refractivity contribution in [2.75, 3.05) is 51.7 Å². The lowest BCUT2D eigenvalue weighted by atomic mass is 10.1. The van der Waals surface area contributed by atoms with Gasteiger partial charge >= 0.3 is 0 Å². The van der Waals surface area contributed by atoms with Crippen LogP contribution >= 0.6 is 15.9 Å². The van der Waals surface area contributed by atoms with Gasteiger partial charge in [0, 0.05) is 62.6 Å². The van der Waals surface area contributed by atoms with Gasteiger partial charge in [0.05, 0.1) is 0 Å². The number of carbonyl (C=O) groups is 1. The van der Waals surface area contributed by atoms with E-state index >= 15 is 0 Å². The number of benzene rings is 1. The number of carbonyl (C=O) groups excluding carboxylic acids is 1. The molecule has 1 aromatic rings. The molecule has 0 atom stereocenters. The fourth-order valence-corrected chi connectivity index (χ4v) is 2.81. The third-order valence-electron chi connectivity index (χ3n) is 3.66. The third-order valence-corrected chi connectivity index (χ3v) is 3.91. The summed E-state index contributed by atoms with van der Waals surface area (Å²) in [6.45, 7) is 8.04. The van der Waals surface area contributed by atoms with Crippen molar-refractivity contribution in [3.05, 3.63) is 40.9 Å². The second kappa shape index (κ2) is 7.09. The predicted octanol–water partition coefficient (Wildman–Crippen LogP) is 2.42. The summed E-state index contributed by atoms with van der Waals surface area (Å²) in [6.07, 6.45) is 0. The largest absolute Gasteiger partial charge is 0.378 e. The van der Waals surface area contributed by atoms with Gasteiger partial charge in [-0.2, -0.15) is 0 Å². The average Bonchev–Trinajstić information content (AvgIpc) is 2.47. The first-order valence-electron chi connectivity index (χ1n) is 7.09. The summed E-state index contributed by atoms with van der Waals surface area (Å²) < 4.78 is 0.987. The van der Waals surface area contributed by atoms with Gasteiger partial charge in [-0.15, -0.1) is 0 Å². The first kappa shape index (κ1) is 16.0. The maximum atomic E-state index is 12.6. The fourth-order valence-electron chi connectivity index (χ4n) is 2.45. The van der Waals surface area contributed by atoms with E-state index in [0.717, 1.165) is 48.5 Å². The highest BCUT2D eigenvalue weighted by atomic mass is 79.9. The van der Waals surface area contributed by atoms with Crippen molar-refractivity contribution in [3.63, 3.8) is 0 Å². The van der Waals surface area contributed by atoms with Gasteiger partial charge in [0.15, 0.2) is 0 Å². The number of piperazine rings is 1. The molecule has 0 spiro atoms. The highest BCUT2D eigenvalue weighted by Gasteiger charge is 2.22. The van der Waals surface area contributed by atoms with E-state index in [-0.39, 0.29) is 5.91 Å². The number of hydrogen-bond acceptors (Lipinski definition) is 3. The molecule has 1 aliphatic heterocycles. The molecule has 114 valence electrons. The monoisotopic (exact) mass is 351 g/mol. The van der Waals surface area contributed by atoms with Crippen molar-refractivity contribution in [2.45, 2.75) is 0 Å². The second-order valence-electron chi connectivity index (χ2n) is 5.53. The molecule has 0 radical (unpaired) electrons. The second-order valence-corrected chi connectivity index (χ2v) is 6.65. The maximum Gasteiger partial charge on any atom is 0.254 e. The van der Waals surface area contributed by atoms with Gasteiger partial charge in [0.1, 0.15) is 0 Å². The lowest BCUT2D eigenvalue weighted by Gasteiger charge is -2.34. The van der Waals surface area contributed by atoms with E-state index in [0.29, 0.717) is 0 Å². The van der Waals surface area contributed by atoms with E-state index in [1.807, 2.05) is 48.2 Å². The number of anilines is 1. The topological polar surface area (TPSA) is 26.8 Å². The SMILES string of the molecule is C=C(Br)CN1CCN(C(=O)c2cccc(N(C)C)c2)CC1. The van der Waals surface area contributed by atoms with Crippen molar-refractivity contribution < 1.29 is 4.79 Å². The average molecular weight is 352 g/mol. The zero-order chi connectivity index (χ0) is 15.4. The normalized spacial score (nSPS) is 15.9. The minimum atomic E-state index is 0.121. The van der Waals surface area contributed by atoms with E-state index in [9.17, 15) is 4.79 Å². The van der Waals surface area contributed by atoms with E-state index in [1.165, 1.54) is 0 Å². The van der Waals surface area contributed by atoms with Gasteiger partial charge in [-0.3, -0.25) is 9.69 Å². The highest BCUT2D eigenvalue weighted by molar-refractivity contribution is 9.11. The van der Waals surface area contributed by atoms with Crippen LogP contribution in [0.5, 0.6) is 0 Å². The lowest BCUT2D eigenvalue weighted by Crippen LogP contribution is -2.48. The van der Waals surface area contributed by atoms with Crippen LogP contribution < -0.4 is 4.90 Å². The molecule has 0 unspecified atom stereocenters. The summed E-state index contributed by atoms with van der Waals surface area (Å²) in [6, 6.07) is 7.79. The van der Waals surface area contributed by atoms with Crippen molar-refractivity contribution >= 4 is 27.5 Å². The Morgan fingerprint density at radius 3 is 2.52 bits per heavy atom. The maximum absolute atomic E-state index is 12.6. The van der Waals surface area contributed by atoms with Crippen molar-refractivity contribution in [3.8, 4) is 0 Å². The first-order valence-corrected chi connectivity index (χ1v) is 7.89. The Kier molecular flexibility index (Phi) is 5.42. The lowest BCUT2D eigenvalue weighted by molar-refractivity contribution is 0.0649. The number of rotatable bonds is 4. The Hall–Kier alpha value is -1.33. The Morgan fingerprint density at radius 1 is 1.29 bits per heavy atom. The summed E-state index contributed by atoms with van der Waals surface area (Å²) in [4.78, 5) is 18.8. The Morgan fingerprint density at radius 2 is 1.95 bits per heavy atom. The first-order chi connectivity index (χ1) is 9.97. The van der Waals surface area contributed by atoms with Crippen LogP contribution in [-0.4, -0.2) is 62.5 Å². The zero-order valence-corrected chi connectivity index (χ0v) is 14.3. The molecule has 1 aliphatic rings. The Labute approximate surface area is 135 Å². The molecule has 5 heteroatoms. The molecular formula is C16H22BrN3O. The van der Waals surface area contributed by atoms with Crippen LogP contribution in [0, 0.1) is 0 Å². The van der Waals surface area contributed by atoms with Gasteiger partial charge in [0.25, 0.3) is 5.91 Å². The van der Waals surface area contributed by atoms with Crippen LogP contribution in [0.4, 0.5) is 5.69 Å². The van der Waals surface area contributed by atoms with Gasteiger partial charge < -0.3 is 9.80 Å². The van der Waals surface area contributed by atoms with E-state index in [1.54, 1.807) is 0 Å². The summed E-state index contributed by atoms with van der Waals surface area (Å²) in [5, 5.41) is 0. The van der Waals surface area contributed by atoms with Crippen molar-refractivity contribution in [2.24, 2.45) is 0 Å². The molecule has 0 aliphatic carbocycles. The molecule has 1 heterocycles. The number of halogens is 1. The minimum absolute atomic E-state index is 0.121. The molecule has 0 aromatic heterocycles. The van der Waals surface area contributed by atoms with E-state index in [4.69, 9.17) is 0 Å². The van der Waals surface area contributed by atoms with Gasteiger partial charge in [0.2, 0.25) is 0 Å². The molecule has 1 fully saturated rings. The molecule has 2 rings (SSSR count). The summed E-state index contributed by atoms with van der Waals surface area (Å²) in [5.41, 5.74) is 1.81. The molecule has 4 nitrogen and oxygen atoms in total. The third kappa shape index (κ3) is 4.32. The molecule has 21 heavy (non-hydrogen) atoms. The highest BCUT2D eigenvalue weighted by Crippen LogP contribution is 2.16. The van der Waals surface area contributed by atoms with Crippen LogP contribution in [0.25, 0.3) is 0 Å². The molecular weight excluding hydrogens is 330 g/mol. The van der Waals surface area contributed by atoms with E-state index in [2.05, 4.69) is 27.4 Å². The molecule has 1 aromatic carbocycles. The standard InChI is InChI=1S/C16H22BrN3O/c1-13(17)12-19-7-9-20(10-8-19)16(21)14-5-4-6-15(11-14)18(2)3/h4-6,11H,1,7-10,12H2,2-3H3. The van der Waals surface area contributed by atoms with Gasteiger partial charge in [-0.05, 0) is 18.2 Å². The van der Waals surface area contributed by atoms with Crippen LogP contribution in [0.3, 0.4) is 0 Å². The van der Waals surface area contributed by atoms with Crippen LogP contribution in [0.1, 0.15) is 10.4 Å². The predicted molar refractivity (Wildman–Crippen MR) is 91.2 cm³/mol.